The van der Waals surface area contributed by atoms with Crippen LogP contribution >= 0.6 is 11.6 Å². The second-order valence-corrected chi connectivity index (χ2v) is 4.41. The molecule has 0 aliphatic rings. The number of ether oxygens (including phenoxy) is 2. The summed E-state index contributed by atoms with van der Waals surface area (Å²) in [5.74, 6) is 0.567. The van der Waals surface area contributed by atoms with Crippen molar-refractivity contribution in [2.45, 2.75) is 26.2 Å². The number of alkyl halides is 1. The predicted octanol–water partition coefficient (Wildman–Crippen LogP) is 1.78. The molecule has 1 aromatic rings. The molecule has 5 heteroatoms. The van der Waals surface area contributed by atoms with Crippen LogP contribution in [0.3, 0.4) is 0 Å². The van der Waals surface area contributed by atoms with Crippen LogP contribution in [0.5, 0.6) is 11.5 Å². The lowest BCUT2D eigenvalue weighted by molar-refractivity contribution is -0.307. The Kier molecular flexibility index (Phi) is 7.11. The number of carboxylic acid groups (broad SMARTS) is 1. The fraction of sp³-hybridized carbons (Fsp3) is 0.500. The molecule has 0 unspecified atom stereocenters. The van der Waals surface area contributed by atoms with E-state index in [9.17, 15) is 9.90 Å². The zero-order valence-electron chi connectivity index (χ0n) is 11.0. The molecule has 0 aromatic heterocycles. The average molecular weight is 286 g/mol. The van der Waals surface area contributed by atoms with E-state index in [4.69, 9.17) is 21.1 Å². The van der Waals surface area contributed by atoms with Crippen LogP contribution in [0.2, 0.25) is 0 Å². The lowest BCUT2D eigenvalue weighted by atomic mass is 10.1. The number of carboxylic acids is 1. The highest BCUT2D eigenvalue weighted by atomic mass is 35.5. The summed E-state index contributed by atoms with van der Waals surface area (Å²) in [4.78, 5) is 10.5. The maximum Gasteiger partial charge on any atom is 0.128 e. The first-order valence-electron chi connectivity index (χ1n) is 6.32. The third-order valence-corrected chi connectivity index (χ3v) is 2.74. The van der Waals surface area contributed by atoms with E-state index in [2.05, 4.69) is 0 Å². The number of rotatable bonds is 9. The topological polar surface area (TPSA) is 58.6 Å². The van der Waals surface area contributed by atoms with Gasteiger partial charge in [-0.05, 0) is 25.0 Å². The molecule has 106 valence electrons. The van der Waals surface area contributed by atoms with Gasteiger partial charge in [-0.3, -0.25) is 0 Å². The van der Waals surface area contributed by atoms with Gasteiger partial charge < -0.3 is 19.4 Å². The van der Waals surface area contributed by atoms with Gasteiger partial charge in [0, 0.05) is 11.4 Å². The van der Waals surface area contributed by atoms with Gasteiger partial charge >= 0.3 is 0 Å². The Balaban J connectivity index is 2.83. The first-order chi connectivity index (χ1) is 9.19. The van der Waals surface area contributed by atoms with E-state index in [1.54, 1.807) is 12.1 Å². The number of carbonyl (C=O) groups excluding carboxylic acids is 1. The minimum Gasteiger partial charge on any atom is -0.546 e. The summed E-state index contributed by atoms with van der Waals surface area (Å²) in [5.41, 5.74) is 0.890. The highest BCUT2D eigenvalue weighted by molar-refractivity contribution is 6.17. The van der Waals surface area contributed by atoms with Gasteiger partial charge in [0.2, 0.25) is 0 Å². The van der Waals surface area contributed by atoms with Crippen molar-refractivity contribution >= 4 is 17.6 Å². The van der Waals surface area contributed by atoms with E-state index in [1.807, 2.05) is 13.0 Å². The third kappa shape index (κ3) is 5.39. The van der Waals surface area contributed by atoms with Gasteiger partial charge in [0.1, 0.15) is 18.1 Å². The average Bonchev–Trinajstić information content (AvgIpc) is 2.39. The van der Waals surface area contributed by atoms with Crippen molar-refractivity contribution in [3.63, 3.8) is 0 Å². The molecule has 0 bridgehead atoms. The van der Waals surface area contributed by atoms with Crippen molar-refractivity contribution in [3.05, 3.63) is 23.8 Å². The molecule has 0 N–H and O–H groups in total. The van der Waals surface area contributed by atoms with E-state index in [1.165, 1.54) is 0 Å². The van der Waals surface area contributed by atoms with Crippen LogP contribution in [-0.2, 0) is 11.2 Å². The van der Waals surface area contributed by atoms with Crippen LogP contribution in [0.15, 0.2) is 18.2 Å². The van der Waals surface area contributed by atoms with Gasteiger partial charge in [0.25, 0.3) is 0 Å². The Bertz CT molecular complexity index is 406. The molecular formula is C14H18ClO4-. The summed E-state index contributed by atoms with van der Waals surface area (Å²) in [6, 6.07) is 5.37. The van der Waals surface area contributed by atoms with Crippen LogP contribution in [-0.4, -0.2) is 25.1 Å². The highest BCUT2D eigenvalue weighted by Crippen LogP contribution is 2.30. The summed E-state index contributed by atoms with van der Waals surface area (Å²) in [6.07, 6.45) is 2.44. The molecule has 0 saturated carbocycles. The molecule has 0 radical (unpaired) electrons. The molecule has 0 atom stereocenters. The second-order valence-electron chi connectivity index (χ2n) is 4.03. The fourth-order valence-electron chi connectivity index (χ4n) is 1.69. The Morgan fingerprint density at radius 3 is 2.58 bits per heavy atom. The molecule has 0 spiro atoms. The van der Waals surface area contributed by atoms with Gasteiger partial charge in [-0.1, -0.05) is 19.4 Å². The zero-order chi connectivity index (χ0) is 14.1. The lowest BCUT2D eigenvalue weighted by Crippen LogP contribution is -2.29. The Labute approximate surface area is 118 Å². The Morgan fingerprint density at radius 1 is 1.32 bits per heavy atom. The van der Waals surface area contributed by atoms with E-state index in [0.29, 0.717) is 18.2 Å². The molecule has 0 fully saturated rings. The molecule has 0 aliphatic carbocycles. The van der Waals surface area contributed by atoms with Gasteiger partial charge in [-0.15, -0.1) is 11.6 Å². The van der Waals surface area contributed by atoms with Crippen LogP contribution in [0.1, 0.15) is 25.3 Å². The highest BCUT2D eigenvalue weighted by Gasteiger charge is 2.10. The number of halogens is 1. The Morgan fingerprint density at radius 2 is 2.00 bits per heavy atom. The van der Waals surface area contributed by atoms with Crippen molar-refractivity contribution in [2.24, 2.45) is 0 Å². The molecule has 0 aliphatic heterocycles. The molecule has 0 saturated heterocycles. The van der Waals surface area contributed by atoms with E-state index < -0.39 is 12.6 Å². The van der Waals surface area contributed by atoms with Crippen molar-refractivity contribution in [3.8, 4) is 11.5 Å². The van der Waals surface area contributed by atoms with Crippen LogP contribution < -0.4 is 14.6 Å². The molecule has 4 nitrogen and oxygen atoms in total. The van der Waals surface area contributed by atoms with E-state index in [0.717, 1.165) is 30.6 Å². The van der Waals surface area contributed by atoms with Crippen molar-refractivity contribution in [1.29, 1.82) is 0 Å². The van der Waals surface area contributed by atoms with Gasteiger partial charge in [-0.25, -0.2) is 0 Å². The second kappa shape index (κ2) is 8.64. The number of hydrogen-bond donors (Lipinski definition) is 0. The fourth-order valence-corrected chi connectivity index (χ4v) is 1.79. The third-order valence-electron chi connectivity index (χ3n) is 2.47. The summed E-state index contributed by atoms with van der Waals surface area (Å²) >= 11 is 5.61. The minimum atomic E-state index is -1.24. The number of hydrogen-bond acceptors (Lipinski definition) is 4. The maximum atomic E-state index is 10.5. The summed E-state index contributed by atoms with van der Waals surface area (Å²) < 4.78 is 10.9. The van der Waals surface area contributed by atoms with Gasteiger partial charge in [0.05, 0.1) is 12.6 Å². The summed E-state index contributed by atoms with van der Waals surface area (Å²) in [5, 5.41) is 10.5. The summed E-state index contributed by atoms with van der Waals surface area (Å²) in [6.45, 7) is 2.12. The molecule has 1 aromatic carbocycles. The largest absolute Gasteiger partial charge is 0.546 e. The van der Waals surface area contributed by atoms with Crippen molar-refractivity contribution < 1.29 is 19.4 Å². The molecule has 0 heterocycles. The van der Waals surface area contributed by atoms with Gasteiger partial charge in [0.15, 0.2) is 0 Å². The predicted molar refractivity (Wildman–Crippen MR) is 71.8 cm³/mol. The van der Waals surface area contributed by atoms with Crippen molar-refractivity contribution in [1.82, 2.24) is 0 Å². The first-order valence-corrected chi connectivity index (χ1v) is 6.85. The standard InChI is InChI=1S/C14H19ClO4/c1-2-5-11-12(18-9-4-8-15)6-3-7-13(11)19-10-14(16)17/h3,6-7H,2,4-5,8-10H2,1H3,(H,16,17)/p-1. The van der Waals surface area contributed by atoms with Crippen LogP contribution in [0.4, 0.5) is 0 Å². The zero-order valence-corrected chi connectivity index (χ0v) is 11.7. The minimum absolute atomic E-state index is 0.457. The SMILES string of the molecule is CCCc1c(OCCCCl)cccc1OCC(=O)[O-]. The number of benzene rings is 1. The van der Waals surface area contributed by atoms with E-state index in [-0.39, 0.29) is 0 Å². The van der Waals surface area contributed by atoms with Crippen LogP contribution in [0.25, 0.3) is 0 Å². The quantitative estimate of drug-likeness (QED) is 0.512. The molecule has 0 amide bonds. The smallest absolute Gasteiger partial charge is 0.128 e. The van der Waals surface area contributed by atoms with Gasteiger partial charge in [-0.2, -0.15) is 0 Å². The molecular weight excluding hydrogens is 268 g/mol. The maximum absolute atomic E-state index is 10.5. The first kappa shape index (κ1) is 15.6. The normalized spacial score (nSPS) is 10.2. The molecule has 19 heavy (non-hydrogen) atoms. The van der Waals surface area contributed by atoms with Crippen LogP contribution in [0, 0.1) is 0 Å². The Hall–Kier alpha value is -1.42. The number of carbonyl (C=O) groups is 1. The summed E-state index contributed by atoms with van der Waals surface area (Å²) in [7, 11) is 0. The van der Waals surface area contributed by atoms with Crippen molar-refractivity contribution in [2.75, 3.05) is 19.1 Å². The number of aliphatic carboxylic acids is 1. The van der Waals surface area contributed by atoms with E-state index >= 15 is 0 Å². The molecule has 1 rings (SSSR count). The monoisotopic (exact) mass is 285 g/mol. The lowest BCUT2D eigenvalue weighted by Gasteiger charge is -2.16.